The van der Waals surface area contributed by atoms with Crippen molar-refractivity contribution in [1.29, 1.82) is 0 Å². The SMILES string of the molecule is C=C[C@H]1CN2CC[C@H]1C[C@@H]2[C@H](O)c1ccnc2ccc(-c3ccc(OC)cc3)cc12. The molecule has 3 aliphatic rings. The second kappa shape index (κ2) is 7.86. The van der Waals surface area contributed by atoms with Crippen LogP contribution >= 0.6 is 0 Å². The lowest BCUT2D eigenvalue weighted by Gasteiger charge is -2.50. The van der Waals surface area contributed by atoms with Crippen molar-refractivity contribution in [3.8, 4) is 16.9 Å². The Hall–Kier alpha value is -2.69. The molecule has 4 nitrogen and oxygen atoms in total. The number of rotatable bonds is 5. The van der Waals surface area contributed by atoms with Crippen molar-refractivity contribution in [1.82, 2.24) is 9.88 Å². The van der Waals surface area contributed by atoms with E-state index in [9.17, 15) is 5.11 Å². The maximum Gasteiger partial charge on any atom is 0.118 e. The normalized spacial score (nSPS) is 26.5. The Bertz CT molecular complexity index is 1060. The zero-order valence-corrected chi connectivity index (χ0v) is 17.4. The predicted octanol–water partition coefficient (Wildman–Crippen LogP) is 4.84. The van der Waals surface area contributed by atoms with Gasteiger partial charge in [0.05, 0.1) is 18.7 Å². The van der Waals surface area contributed by atoms with Gasteiger partial charge in [-0.15, -0.1) is 6.58 Å². The predicted molar refractivity (Wildman–Crippen MR) is 120 cm³/mol. The third kappa shape index (κ3) is 3.30. The van der Waals surface area contributed by atoms with Crippen LogP contribution in [0.25, 0.3) is 22.0 Å². The zero-order chi connectivity index (χ0) is 20.7. The third-order valence-electron chi connectivity index (χ3n) is 7.04. The molecule has 3 fully saturated rings. The molecule has 1 unspecified atom stereocenters. The van der Waals surface area contributed by atoms with E-state index in [0.29, 0.717) is 11.8 Å². The Kier molecular flexibility index (Phi) is 5.05. The van der Waals surface area contributed by atoms with Crippen LogP contribution < -0.4 is 4.74 Å². The Balaban J connectivity index is 1.50. The minimum Gasteiger partial charge on any atom is -0.497 e. The van der Waals surface area contributed by atoms with Crippen molar-refractivity contribution >= 4 is 10.9 Å². The monoisotopic (exact) mass is 400 g/mol. The molecule has 6 rings (SSSR count). The van der Waals surface area contributed by atoms with E-state index in [4.69, 9.17) is 4.74 Å². The number of fused-ring (bicyclic) bond motifs is 4. The van der Waals surface area contributed by atoms with Gasteiger partial charge in [-0.05, 0) is 78.2 Å². The van der Waals surface area contributed by atoms with Gasteiger partial charge in [-0.25, -0.2) is 0 Å². The van der Waals surface area contributed by atoms with Crippen LogP contribution in [0.5, 0.6) is 5.75 Å². The van der Waals surface area contributed by atoms with E-state index < -0.39 is 6.10 Å². The fourth-order valence-electron chi connectivity index (χ4n) is 5.30. The molecule has 4 heterocycles. The molecule has 1 N–H and O–H groups in total. The minimum absolute atomic E-state index is 0.162. The van der Waals surface area contributed by atoms with E-state index in [1.165, 1.54) is 6.42 Å². The zero-order valence-electron chi connectivity index (χ0n) is 17.4. The first-order valence-electron chi connectivity index (χ1n) is 10.8. The number of benzene rings is 2. The standard InChI is InChI=1S/C26H28N2O2/c1-3-17-16-28-13-11-20(17)15-25(28)26(29)22-10-12-27-24-9-6-19(14-23(22)24)18-4-7-21(30-2)8-5-18/h3-10,12,14,17,20,25-26,29H,1,11,13,15-16H2,2H3/t17-,20-,25+,26+/m0/s1. The molecule has 5 atom stereocenters. The first-order chi connectivity index (χ1) is 14.7. The van der Waals surface area contributed by atoms with Gasteiger partial charge in [-0.1, -0.05) is 24.3 Å². The summed E-state index contributed by atoms with van der Waals surface area (Å²) in [6.07, 6.45) is 5.63. The van der Waals surface area contributed by atoms with Crippen LogP contribution in [-0.4, -0.2) is 41.2 Å². The molecule has 2 aromatic carbocycles. The topological polar surface area (TPSA) is 45.6 Å². The fourth-order valence-corrected chi connectivity index (χ4v) is 5.30. The summed E-state index contributed by atoms with van der Waals surface area (Å²) in [4.78, 5) is 7.00. The number of aromatic nitrogens is 1. The molecule has 3 aromatic rings. The highest BCUT2D eigenvalue weighted by molar-refractivity contribution is 5.87. The lowest BCUT2D eigenvalue weighted by Crippen LogP contribution is -2.54. The van der Waals surface area contributed by atoms with Crippen LogP contribution in [0.15, 0.2) is 67.4 Å². The first kappa shape index (κ1) is 19.3. The molecule has 0 saturated carbocycles. The summed E-state index contributed by atoms with van der Waals surface area (Å²) in [6.45, 7) is 6.09. The molecular formula is C26H28N2O2. The number of aliphatic hydroxyl groups excluding tert-OH is 1. The molecule has 0 amide bonds. The highest BCUT2D eigenvalue weighted by atomic mass is 16.5. The van der Waals surface area contributed by atoms with Crippen molar-refractivity contribution in [2.75, 3.05) is 20.2 Å². The van der Waals surface area contributed by atoms with E-state index in [-0.39, 0.29) is 6.04 Å². The van der Waals surface area contributed by atoms with Gasteiger partial charge in [0.15, 0.2) is 0 Å². The van der Waals surface area contributed by atoms with E-state index >= 15 is 0 Å². The lowest BCUT2D eigenvalue weighted by atomic mass is 9.73. The number of nitrogens with zero attached hydrogens (tertiary/aromatic N) is 2. The largest absolute Gasteiger partial charge is 0.497 e. The molecule has 154 valence electrons. The second-order valence-corrected chi connectivity index (χ2v) is 8.55. The van der Waals surface area contributed by atoms with Crippen molar-refractivity contribution < 1.29 is 9.84 Å². The van der Waals surface area contributed by atoms with Gasteiger partial charge in [0.1, 0.15) is 5.75 Å². The van der Waals surface area contributed by atoms with E-state index in [1.54, 1.807) is 7.11 Å². The van der Waals surface area contributed by atoms with Crippen LogP contribution in [0.1, 0.15) is 24.5 Å². The van der Waals surface area contributed by atoms with Crippen LogP contribution in [-0.2, 0) is 0 Å². The smallest absolute Gasteiger partial charge is 0.118 e. The summed E-state index contributed by atoms with van der Waals surface area (Å²) >= 11 is 0. The molecule has 4 heteroatoms. The van der Waals surface area contributed by atoms with Gasteiger partial charge in [-0.2, -0.15) is 0 Å². The summed E-state index contributed by atoms with van der Waals surface area (Å²) in [6, 6.07) is 16.5. The van der Waals surface area contributed by atoms with E-state index in [1.807, 2.05) is 30.5 Å². The van der Waals surface area contributed by atoms with Crippen LogP contribution in [0.3, 0.4) is 0 Å². The Morgan fingerprint density at radius 2 is 1.97 bits per heavy atom. The average molecular weight is 401 g/mol. The van der Waals surface area contributed by atoms with Gasteiger partial charge < -0.3 is 9.84 Å². The van der Waals surface area contributed by atoms with Gasteiger partial charge in [0.2, 0.25) is 0 Å². The summed E-state index contributed by atoms with van der Waals surface area (Å²) in [5.74, 6) is 2.03. The summed E-state index contributed by atoms with van der Waals surface area (Å²) < 4.78 is 5.28. The Morgan fingerprint density at radius 3 is 2.67 bits per heavy atom. The number of pyridine rings is 1. The summed E-state index contributed by atoms with van der Waals surface area (Å²) in [7, 11) is 1.68. The van der Waals surface area contributed by atoms with Crippen molar-refractivity contribution in [2.45, 2.75) is 25.0 Å². The Labute approximate surface area is 177 Å². The molecule has 0 spiro atoms. The van der Waals surface area contributed by atoms with Gasteiger partial charge in [0, 0.05) is 24.2 Å². The summed E-state index contributed by atoms with van der Waals surface area (Å²) in [5.41, 5.74) is 4.13. The number of methoxy groups -OCH3 is 1. The van der Waals surface area contributed by atoms with E-state index in [2.05, 4.69) is 46.8 Å². The van der Waals surface area contributed by atoms with Gasteiger partial charge in [0.25, 0.3) is 0 Å². The number of aliphatic hydroxyl groups is 1. The second-order valence-electron chi connectivity index (χ2n) is 8.55. The maximum atomic E-state index is 11.4. The molecule has 3 aliphatic heterocycles. The number of piperidine rings is 3. The quantitative estimate of drug-likeness (QED) is 0.623. The molecule has 0 aliphatic carbocycles. The van der Waals surface area contributed by atoms with Crippen molar-refractivity contribution in [3.63, 3.8) is 0 Å². The van der Waals surface area contributed by atoms with Crippen LogP contribution in [0.4, 0.5) is 0 Å². The molecular weight excluding hydrogens is 372 g/mol. The minimum atomic E-state index is -0.518. The number of hydrogen-bond donors (Lipinski definition) is 1. The van der Waals surface area contributed by atoms with Crippen molar-refractivity contribution in [2.24, 2.45) is 11.8 Å². The molecule has 3 saturated heterocycles. The third-order valence-corrected chi connectivity index (χ3v) is 7.04. The highest BCUT2D eigenvalue weighted by Gasteiger charge is 2.42. The average Bonchev–Trinajstić information content (AvgIpc) is 2.83. The number of ether oxygens (including phenoxy) is 1. The Morgan fingerprint density at radius 1 is 1.17 bits per heavy atom. The highest BCUT2D eigenvalue weighted by Crippen LogP contribution is 2.42. The first-order valence-corrected chi connectivity index (χ1v) is 10.8. The van der Waals surface area contributed by atoms with E-state index in [0.717, 1.165) is 52.9 Å². The lowest BCUT2D eigenvalue weighted by molar-refractivity contribution is -0.0444. The summed E-state index contributed by atoms with van der Waals surface area (Å²) in [5, 5.41) is 12.5. The fraction of sp³-hybridized carbons (Fsp3) is 0.346. The molecule has 2 bridgehead atoms. The molecule has 0 radical (unpaired) electrons. The maximum absolute atomic E-state index is 11.4. The van der Waals surface area contributed by atoms with Crippen LogP contribution in [0.2, 0.25) is 0 Å². The molecule has 30 heavy (non-hydrogen) atoms. The van der Waals surface area contributed by atoms with Gasteiger partial charge >= 0.3 is 0 Å². The molecule has 1 aromatic heterocycles. The van der Waals surface area contributed by atoms with Crippen LogP contribution in [0, 0.1) is 11.8 Å². The van der Waals surface area contributed by atoms with Crippen molar-refractivity contribution in [3.05, 3.63) is 72.9 Å². The number of hydrogen-bond acceptors (Lipinski definition) is 4. The van der Waals surface area contributed by atoms with Gasteiger partial charge in [-0.3, -0.25) is 9.88 Å².